The van der Waals surface area contributed by atoms with Crippen molar-refractivity contribution < 1.29 is 13.9 Å². The molecule has 0 N–H and O–H groups in total. The number of amides is 1. The third kappa shape index (κ3) is 3.37. The Morgan fingerprint density at radius 2 is 1.84 bits per heavy atom. The zero-order chi connectivity index (χ0) is 18.0. The highest BCUT2D eigenvalue weighted by molar-refractivity contribution is 9.10. The van der Waals surface area contributed by atoms with Crippen LogP contribution in [0.2, 0.25) is 0 Å². The molecule has 0 spiro atoms. The van der Waals surface area contributed by atoms with Crippen molar-refractivity contribution in [3.05, 3.63) is 70.7 Å². The smallest absolute Gasteiger partial charge is 0.266 e. The van der Waals surface area contributed by atoms with Gasteiger partial charge >= 0.3 is 0 Å². The molecule has 0 heterocycles. The second kappa shape index (κ2) is 7.23. The summed E-state index contributed by atoms with van der Waals surface area (Å²) in [7, 11) is 3.13. The molecule has 0 radical (unpaired) electrons. The number of hydrogen-bond donors (Lipinski definition) is 0. The molecule has 0 aromatic heterocycles. The molecule has 1 amide bonds. The molecule has 3 aromatic carbocycles. The van der Waals surface area contributed by atoms with Crippen molar-refractivity contribution in [2.75, 3.05) is 19.1 Å². The first-order valence-electron chi connectivity index (χ1n) is 7.75. The molecule has 5 heteroatoms. The molecule has 0 fully saturated rings. The molecule has 3 aromatic rings. The fourth-order valence-corrected chi connectivity index (χ4v) is 3.40. The molecule has 0 saturated carbocycles. The first-order chi connectivity index (χ1) is 12.0. The first kappa shape index (κ1) is 17.4. The van der Waals surface area contributed by atoms with Crippen LogP contribution < -0.4 is 9.64 Å². The number of hydrogen-bond acceptors (Lipinski definition) is 2. The highest BCUT2D eigenvalue weighted by Gasteiger charge is 2.26. The zero-order valence-electron chi connectivity index (χ0n) is 13.9. The van der Waals surface area contributed by atoms with Crippen molar-refractivity contribution in [1.29, 1.82) is 0 Å². The van der Waals surface area contributed by atoms with E-state index in [1.54, 1.807) is 44.5 Å². The minimum atomic E-state index is -1.75. The van der Waals surface area contributed by atoms with Crippen molar-refractivity contribution in [3.8, 4) is 5.75 Å². The standard InChI is InChI=1S/C20H17BrFNO2/c1-23(18-11-10-14(25-2)12-17(18)21)20(24)19(22)16-9-5-7-13-6-3-4-8-15(13)16/h3-12,19H,1-2H3. The lowest BCUT2D eigenvalue weighted by Crippen LogP contribution is -2.30. The maximum Gasteiger partial charge on any atom is 0.266 e. The third-order valence-corrected chi connectivity index (χ3v) is 4.80. The topological polar surface area (TPSA) is 29.5 Å². The third-order valence-electron chi connectivity index (χ3n) is 4.16. The van der Waals surface area contributed by atoms with Crippen LogP contribution in [0.15, 0.2) is 65.1 Å². The van der Waals surface area contributed by atoms with Gasteiger partial charge in [0, 0.05) is 17.1 Å². The summed E-state index contributed by atoms with van der Waals surface area (Å²) in [6.45, 7) is 0. The van der Waals surface area contributed by atoms with Gasteiger partial charge in [-0.15, -0.1) is 0 Å². The second-order valence-electron chi connectivity index (χ2n) is 5.65. The van der Waals surface area contributed by atoms with Crippen LogP contribution in [0.3, 0.4) is 0 Å². The van der Waals surface area contributed by atoms with Gasteiger partial charge in [0.05, 0.1) is 12.8 Å². The SMILES string of the molecule is COc1ccc(N(C)C(=O)C(F)c2cccc3ccccc23)c(Br)c1. The molecular weight excluding hydrogens is 385 g/mol. The summed E-state index contributed by atoms with van der Waals surface area (Å²) in [4.78, 5) is 14.0. The van der Waals surface area contributed by atoms with E-state index in [2.05, 4.69) is 15.9 Å². The van der Waals surface area contributed by atoms with E-state index in [1.807, 2.05) is 30.3 Å². The van der Waals surface area contributed by atoms with Gasteiger partial charge < -0.3 is 9.64 Å². The molecule has 3 rings (SSSR count). The van der Waals surface area contributed by atoms with E-state index < -0.39 is 12.1 Å². The molecule has 1 atom stereocenters. The Bertz CT molecular complexity index is 923. The summed E-state index contributed by atoms with van der Waals surface area (Å²) in [5.74, 6) is 0.0320. The number of anilines is 1. The first-order valence-corrected chi connectivity index (χ1v) is 8.55. The number of alkyl halides is 1. The second-order valence-corrected chi connectivity index (χ2v) is 6.50. The number of halogens is 2. The molecule has 0 aliphatic rings. The lowest BCUT2D eigenvalue weighted by molar-refractivity contribution is -0.123. The number of methoxy groups -OCH3 is 1. The molecule has 25 heavy (non-hydrogen) atoms. The molecule has 0 aliphatic heterocycles. The van der Waals surface area contributed by atoms with Crippen LogP contribution in [0.1, 0.15) is 11.7 Å². The van der Waals surface area contributed by atoms with Gasteiger partial charge in [-0.3, -0.25) is 4.79 Å². The van der Waals surface area contributed by atoms with Gasteiger partial charge in [-0.05, 0) is 44.9 Å². The monoisotopic (exact) mass is 401 g/mol. The molecular formula is C20H17BrFNO2. The Labute approximate surface area is 154 Å². The molecule has 128 valence electrons. The maximum atomic E-state index is 15.0. The number of carbonyl (C=O) groups excluding carboxylic acids is 1. The van der Waals surface area contributed by atoms with Crippen LogP contribution in [0, 0.1) is 0 Å². The molecule has 3 nitrogen and oxygen atoms in total. The number of rotatable bonds is 4. The highest BCUT2D eigenvalue weighted by Crippen LogP contribution is 2.33. The Hall–Kier alpha value is -2.40. The molecule has 0 bridgehead atoms. The van der Waals surface area contributed by atoms with E-state index in [-0.39, 0.29) is 0 Å². The number of fused-ring (bicyclic) bond motifs is 1. The van der Waals surface area contributed by atoms with Crippen molar-refractivity contribution >= 4 is 38.3 Å². The zero-order valence-corrected chi connectivity index (χ0v) is 15.5. The van der Waals surface area contributed by atoms with Crippen LogP contribution in [0.5, 0.6) is 5.75 Å². The van der Waals surface area contributed by atoms with Gasteiger partial charge in [0.25, 0.3) is 5.91 Å². The minimum absolute atomic E-state index is 0.375. The number of benzene rings is 3. The number of likely N-dealkylation sites (N-methyl/N-ethyl adjacent to an activating group) is 1. The maximum absolute atomic E-state index is 15.0. The summed E-state index contributed by atoms with van der Waals surface area (Å²) in [6, 6.07) is 18.0. The summed E-state index contributed by atoms with van der Waals surface area (Å²) >= 11 is 3.41. The summed E-state index contributed by atoms with van der Waals surface area (Å²) in [5.41, 5.74) is 0.952. The number of nitrogens with zero attached hydrogens (tertiary/aromatic N) is 1. The van der Waals surface area contributed by atoms with Gasteiger partial charge in [-0.2, -0.15) is 0 Å². The summed E-state index contributed by atoms with van der Waals surface area (Å²) in [5, 5.41) is 1.65. The van der Waals surface area contributed by atoms with Crippen LogP contribution in [-0.2, 0) is 4.79 Å². The number of ether oxygens (including phenoxy) is 1. The largest absolute Gasteiger partial charge is 0.497 e. The van der Waals surface area contributed by atoms with Crippen LogP contribution >= 0.6 is 15.9 Å². The van der Waals surface area contributed by atoms with Gasteiger partial charge in [-0.25, -0.2) is 4.39 Å². The van der Waals surface area contributed by atoms with Gasteiger partial charge in [0.1, 0.15) is 5.75 Å². The van der Waals surface area contributed by atoms with Crippen molar-refractivity contribution in [2.45, 2.75) is 6.17 Å². The Morgan fingerprint density at radius 3 is 2.56 bits per heavy atom. The Kier molecular flexibility index (Phi) is 5.04. The van der Waals surface area contributed by atoms with Gasteiger partial charge in [0.15, 0.2) is 0 Å². The fraction of sp³-hybridized carbons (Fsp3) is 0.150. The van der Waals surface area contributed by atoms with Crippen LogP contribution in [0.4, 0.5) is 10.1 Å². The number of carbonyl (C=O) groups is 1. The van der Waals surface area contributed by atoms with Gasteiger partial charge in [-0.1, -0.05) is 42.5 Å². The van der Waals surface area contributed by atoms with E-state index in [1.165, 1.54) is 4.90 Å². The average Bonchev–Trinajstić information content (AvgIpc) is 2.65. The minimum Gasteiger partial charge on any atom is -0.497 e. The lowest BCUT2D eigenvalue weighted by Gasteiger charge is -2.22. The van der Waals surface area contributed by atoms with E-state index in [0.717, 1.165) is 10.8 Å². The highest BCUT2D eigenvalue weighted by atomic mass is 79.9. The summed E-state index contributed by atoms with van der Waals surface area (Å²) < 4.78 is 20.8. The van der Waals surface area contributed by atoms with E-state index in [0.29, 0.717) is 21.5 Å². The molecule has 0 saturated heterocycles. The Morgan fingerprint density at radius 1 is 1.12 bits per heavy atom. The lowest BCUT2D eigenvalue weighted by atomic mass is 10.0. The van der Waals surface area contributed by atoms with Crippen molar-refractivity contribution in [2.24, 2.45) is 0 Å². The fourth-order valence-electron chi connectivity index (χ4n) is 2.78. The Balaban J connectivity index is 1.94. The quantitative estimate of drug-likeness (QED) is 0.594. The summed E-state index contributed by atoms with van der Waals surface area (Å²) in [6.07, 6.45) is -1.75. The predicted molar refractivity (Wildman–Crippen MR) is 102 cm³/mol. The van der Waals surface area contributed by atoms with Crippen LogP contribution in [-0.4, -0.2) is 20.1 Å². The van der Waals surface area contributed by atoms with E-state index >= 15 is 4.39 Å². The van der Waals surface area contributed by atoms with Crippen LogP contribution in [0.25, 0.3) is 10.8 Å². The predicted octanol–water partition coefficient (Wildman–Crippen LogP) is 5.28. The molecule has 0 aliphatic carbocycles. The average molecular weight is 402 g/mol. The van der Waals surface area contributed by atoms with Gasteiger partial charge in [0.2, 0.25) is 6.17 Å². The van der Waals surface area contributed by atoms with E-state index in [9.17, 15) is 4.79 Å². The van der Waals surface area contributed by atoms with Crippen molar-refractivity contribution in [3.63, 3.8) is 0 Å². The molecule has 1 unspecified atom stereocenters. The van der Waals surface area contributed by atoms with E-state index in [4.69, 9.17) is 4.74 Å². The van der Waals surface area contributed by atoms with Crippen molar-refractivity contribution in [1.82, 2.24) is 0 Å². The normalized spacial score (nSPS) is 12.0.